The van der Waals surface area contributed by atoms with Gasteiger partial charge in [-0.3, -0.25) is 4.79 Å². The van der Waals surface area contributed by atoms with Crippen molar-refractivity contribution in [3.8, 4) is 0 Å². The summed E-state index contributed by atoms with van der Waals surface area (Å²) in [7, 11) is 0. The Morgan fingerprint density at radius 2 is 1.95 bits per heavy atom. The molecular weight excluding hydrogens is 268 g/mol. The van der Waals surface area contributed by atoms with Crippen LogP contribution < -0.4 is 10.6 Å². The van der Waals surface area contributed by atoms with Gasteiger partial charge in [0.15, 0.2) is 5.11 Å². The van der Waals surface area contributed by atoms with Crippen molar-refractivity contribution < 1.29 is 4.79 Å². The molecule has 20 heavy (non-hydrogen) atoms. The Morgan fingerprint density at radius 3 is 2.60 bits per heavy atom. The molecule has 0 bridgehead atoms. The van der Waals surface area contributed by atoms with Crippen molar-refractivity contribution in [2.75, 3.05) is 5.32 Å². The van der Waals surface area contributed by atoms with Gasteiger partial charge in [-0.15, -0.1) is 0 Å². The van der Waals surface area contributed by atoms with Crippen molar-refractivity contribution in [3.05, 3.63) is 29.3 Å². The van der Waals surface area contributed by atoms with Crippen LogP contribution in [0.3, 0.4) is 0 Å². The van der Waals surface area contributed by atoms with Crippen LogP contribution in [0.5, 0.6) is 0 Å². The van der Waals surface area contributed by atoms with Crippen LogP contribution in [-0.2, 0) is 4.79 Å². The average Bonchev–Trinajstić information content (AvgIpc) is 2.86. The van der Waals surface area contributed by atoms with Crippen LogP contribution >= 0.6 is 12.2 Å². The van der Waals surface area contributed by atoms with E-state index in [-0.39, 0.29) is 5.91 Å². The van der Waals surface area contributed by atoms with Crippen LogP contribution in [0.15, 0.2) is 18.2 Å². The molecule has 0 spiro atoms. The number of hydrogen-bond acceptors (Lipinski definition) is 2. The standard InChI is InChI=1S/C16H22N2OS/c1-11-7-8-14(9-12(11)2)17-16(20)18-15(19)10-13-5-3-4-6-13/h7-9,13H,3-6,10H2,1-2H3,(H2,17,18,19,20). The van der Waals surface area contributed by atoms with Crippen LogP contribution in [0.25, 0.3) is 0 Å². The Bertz CT molecular complexity index is 507. The van der Waals surface area contributed by atoms with Crippen LogP contribution in [0, 0.1) is 19.8 Å². The van der Waals surface area contributed by atoms with E-state index < -0.39 is 0 Å². The summed E-state index contributed by atoms with van der Waals surface area (Å²) < 4.78 is 0. The van der Waals surface area contributed by atoms with Crippen molar-refractivity contribution in [2.24, 2.45) is 5.92 Å². The third kappa shape index (κ3) is 4.30. The molecule has 4 heteroatoms. The highest BCUT2D eigenvalue weighted by Crippen LogP contribution is 2.27. The van der Waals surface area contributed by atoms with Gasteiger partial charge in [-0.2, -0.15) is 0 Å². The van der Waals surface area contributed by atoms with E-state index in [4.69, 9.17) is 12.2 Å². The lowest BCUT2D eigenvalue weighted by Gasteiger charge is -2.12. The maximum atomic E-state index is 11.9. The lowest BCUT2D eigenvalue weighted by Crippen LogP contribution is -2.34. The van der Waals surface area contributed by atoms with Gasteiger partial charge < -0.3 is 10.6 Å². The molecule has 1 aliphatic carbocycles. The van der Waals surface area contributed by atoms with Crippen molar-refractivity contribution in [1.29, 1.82) is 0 Å². The zero-order chi connectivity index (χ0) is 14.5. The van der Waals surface area contributed by atoms with Gasteiger partial charge in [0, 0.05) is 12.1 Å². The molecule has 0 aromatic heterocycles. The first-order valence-electron chi connectivity index (χ1n) is 7.22. The molecule has 1 aromatic rings. The highest BCUT2D eigenvalue weighted by molar-refractivity contribution is 7.80. The molecule has 0 aliphatic heterocycles. The van der Waals surface area contributed by atoms with E-state index in [2.05, 4.69) is 24.5 Å². The first-order valence-corrected chi connectivity index (χ1v) is 7.63. The Balaban J connectivity index is 1.82. The normalized spacial score (nSPS) is 15.1. The predicted molar refractivity (Wildman–Crippen MR) is 86.9 cm³/mol. The summed E-state index contributed by atoms with van der Waals surface area (Å²) >= 11 is 5.19. The summed E-state index contributed by atoms with van der Waals surface area (Å²) in [4.78, 5) is 11.9. The molecule has 0 unspecified atom stereocenters. The molecule has 0 atom stereocenters. The number of benzene rings is 1. The molecule has 0 saturated heterocycles. The van der Waals surface area contributed by atoms with Crippen molar-refractivity contribution in [2.45, 2.75) is 46.0 Å². The van der Waals surface area contributed by atoms with E-state index in [1.165, 1.54) is 36.8 Å². The molecule has 3 nitrogen and oxygen atoms in total. The summed E-state index contributed by atoms with van der Waals surface area (Å²) in [6, 6.07) is 6.04. The molecule has 1 aliphatic rings. The minimum Gasteiger partial charge on any atom is -0.332 e. The number of nitrogens with one attached hydrogen (secondary N) is 2. The summed E-state index contributed by atoms with van der Waals surface area (Å²) in [6.45, 7) is 4.13. The minimum atomic E-state index is 0.0261. The van der Waals surface area contributed by atoms with Crippen LogP contribution in [0.2, 0.25) is 0 Å². The summed E-state index contributed by atoms with van der Waals surface area (Å²) in [5.41, 5.74) is 3.36. The number of thiocarbonyl (C=S) groups is 1. The van der Waals surface area contributed by atoms with Gasteiger partial charge in [0.05, 0.1) is 0 Å². The van der Waals surface area contributed by atoms with Crippen LogP contribution in [0.1, 0.15) is 43.2 Å². The maximum Gasteiger partial charge on any atom is 0.226 e. The molecule has 1 saturated carbocycles. The third-order valence-electron chi connectivity index (χ3n) is 3.97. The summed E-state index contributed by atoms with van der Waals surface area (Å²) in [5, 5.41) is 6.22. The first kappa shape index (κ1) is 15.0. The molecule has 2 N–H and O–H groups in total. The molecular formula is C16H22N2OS. The van der Waals surface area contributed by atoms with E-state index in [0.29, 0.717) is 17.5 Å². The SMILES string of the molecule is Cc1ccc(NC(=S)NC(=O)CC2CCCC2)cc1C. The third-order valence-corrected chi connectivity index (χ3v) is 4.17. The number of aryl methyl sites for hydroxylation is 2. The van der Waals surface area contributed by atoms with E-state index in [1.807, 2.05) is 18.2 Å². The second-order valence-corrected chi connectivity index (χ2v) is 6.06. The van der Waals surface area contributed by atoms with Gasteiger partial charge in [0.25, 0.3) is 0 Å². The number of carbonyl (C=O) groups excluding carboxylic acids is 1. The molecule has 1 amide bonds. The minimum absolute atomic E-state index is 0.0261. The molecule has 2 rings (SSSR count). The number of carbonyl (C=O) groups is 1. The fourth-order valence-corrected chi connectivity index (χ4v) is 2.87. The highest BCUT2D eigenvalue weighted by Gasteiger charge is 2.18. The number of hydrogen-bond donors (Lipinski definition) is 2. The van der Waals surface area contributed by atoms with E-state index in [9.17, 15) is 4.79 Å². The Labute approximate surface area is 126 Å². The highest BCUT2D eigenvalue weighted by atomic mass is 32.1. The second-order valence-electron chi connectivity index (χ2n) is 5.66. The first-order chi connectivity index (χ1) is 9.54. The molecule has 108 valence electrons. The summed E-state index contributed by atoms with van der Waals surface area (Å²) in [6.07, 6.45) is 5.44. The summed E-state index contributed by atoms with van der Waals surface area (Å²) in [5.74, 6) is 0.567. The van der Waals surface area contributed by atoms with Gasteiger partial charge in [0.2, 0.25) is 5.91 Å². The zero-order valence-corrected chi connectivity index (χ0v) is 13.0. The molecule has 0 radical (unpaired) electrons. The number of anilines is 1. The topological polar surface area (TPSA) is 41.1 Å². The van der Waals surface area contributed by atoms with E-state index >= 15 is 0 Å². The lowest BCUT2D eigenvalue weighted by atomic mass is 10.0. The largest absolute Gasteiger partial charge is 0.332 e. The fraction of sp³-hybridized carbons (Fsp3) is 0.500. The van der Waals surface area contributed by atoms with Crippen molar-refractivity contribution in [3.63, 3.8) is 0 Å². The molecule has 0 heterocycles. The van der Waals surface area contributed by atoms with Crippen LogP contribution in [-0.4, -0.2) is 11.0 Å². The predicted octanol–water partition coefficient (Wildman–Crippen LogP) is 3.70. The lowest BCUT2D eigenvalue weighted by molar-refractivity contribution is -0.120. The average molecular weight is 290 g/mol. The molecule has 1 aromatic carbocycles. The quantitative estimate of drug-likeness (QED) is 0.834. The smallest absolute Gasteiger partial charge is 0.226 e. The van der Waals surface area contributed by atoms with Crippen molar-refractivity contribution in [1.82, 2.24) is 5.32 Å². The Kier molecular flexibility index (Phi) is 5.12. The number of rotatable bonds is 3. The Morgan fingerprint density at radius 1 is 1.25 bits per heavy atom. The van der Waals surface area contributed by atoms with Gasteiger partial charge >= 0.3 is 0 Å². The fourth-order valence-electron chi connectivity index (χ4n) is 2.64. The number of amides is 1. The van der Waals surface area contributed by atoms with Gasteiger partial charge in [-0.05, 0) is 68.1 Å². The second kappa shape index (κ2) is 6.84. The monoisotopic (exact) mass is 290 g/mol. The zero-order valence-electron chi connectivity index (χ0n) is 12.2. The maximum absolute atomic E-state index is 11.9. The molecule has 1 fully saturated rings. The van der Waals surface area contributed by atoms with Crippen LogP contribution in [0.4, 0.5) is 5.69 Å². The van der Waals surface area contributed by atoms with Crippen molar-refractivity contribution >= 4 is 28.9 Å². The van der Waals surface area contributed by atoms with Gasteiger partial charge in [-0.25, -0.2) is 0 Å². The van der Waals surface area contributed by atoms with Gasteiger partial charge in [0.1, 0.15) is 0 Å². The Hall–Kier alpha value is -1.42. The van der Waals surface area contributed by atoms with Gasteiger partial charge in [-0.1, -0.05) is 18.9 Å². The van der Waals surface area contributed by atoms with E-state index in [0.717, 1.165) is 5.69 Å². The van der Waals surface area contributed by atoms with E-state index in [1.54, 1.807) is 0 Å².